The van der Waals surface area contributed by atoms with Crippen LogP contribution in [0.15, 0.2) is 30.5 Å². The fraction of sp³-hybridized carbons (Fsp3) is 0.469. The number of pyridine rings is 1. The fourth-order valence-electron chi connectivity index (χ4n) is 6.88. The Bertz CT molecular complexity index is 1640. The average molecular weight is 596 g/mol. The molecule has 43 heavy (non-hydrogen) atoms. The van der Waals surface area contributed by atoms with Gasteiger partial charge in [-0.3, -0.25) is 9.88 Å². The quantitative estimate of drug-likeness (QED) is 0.310. The number of hydrogen-bond acceptors (Lipinski definition) is 8. The second-order valence-electron chi connectivity index (χ2n) is 11.5. The van der Waals surface area contributed by atoms with Gasteiger partial charge in [-0.05, 0) is 79.6 Å². The number of methoxy groups -OCH3 is 1. The summed E-state index contributed by atoms with van der Waals surface area (Å²) in [6.07, 6.45) is 6.34. The van der Waals surface area contributed by atoms with E-state index >= 15 is 4.39 Å². The number of aliphatic hydroxyl groups is 1. The van der Waals surface area contributed by atoms with Crippen molar-refractivity contribution >= 4 is 27.5 Å². The van der Waals surface area contributed by atoms with Gasteiger partial charge in [0.05, 0.1) is 25.1 Å². The molecule has 5 heterocycles. The van der Waals surface area contributed by atoms with Crippen LogP contribution >= 0.6 is 0 Å². The van der Waals surface area contributed by atoms with E-state index in [4.69, 9.17) is 4.74 Å². The average Bonchev–Trinajstić information content (AvgIpc) is 3.74. The number of phenolic OH excluding ortho intramolecular Hbond substituents is 1. The molecule has 0 bridgehead atoms. The first-order chi connectivity index (χ1) is 20.8. The second kappa shape index (κ2) is 12.1. The number of ether oxygens (including phenoxy) is 1. The summed E-state index contributed by atoms with van der Waals surface area (Å²) < 4.78 is 48.5. The van der Waals surface area contributed by atoms with Gasteiger partial charge >= 0.3 is 6.01 Å². The standard InChI is InChI=1S/C25H24F2N4O3.C7H12FN/c1-3-16-19(26)7-6-13-9-15(33)10-17(20(13)16)22-21(27)23-18(11-28-22)24(30-25(29-23)34-2)31-8-4-5-14(31)12-32;8-6-4-7-2-1-3-9(7)5-6/h6-7,9-11,14,32-33H,3-5,8,12H2,1-2H3;6-7H,1-5H2. The molecule has 7 rings (SSSR count). The summed E-state index contributed by atoms with van der Waals surface area (Å²) in [4.78, 5) is 17.3. The molecule has 11 heteroatoms. The van der Waals surface area contributed by atoms with Gasteiger partial charge in [-0.2, -0.15) is 9.97 Å². The molecule has 3 saturated heterocycles. The summed E-state index contributed by atoms with van der Waals surface area (Å²) in [5.74, 6) is -0.769. The van der Waals surface area contributed by atoms with E-state index in [2.05, 4.69) is 19.9 Å². The van der Waals surface area contributed by atoms with Crippen molar-refractivity contribution in [2.45, 2.75) is 63.7 Å². The lowest BCUT2D eigenvalue weighted by atomic mass is 9.94. The van der Waals surface area contributed by atoms with Gasteiger partial charge in [0.15, 0.2) is 5.82 Å². The number of fused-ring (bicyclic) bond motifs is 3. The highest BCUT2D eigenvalue weighted by Gasteiger charge is 2.35. The Balaban J connectivity index is 0.000000310. The third-order valence-corrected chi connectivity index (χ3v) is 8.91. The summed E-state index contributed by atoms with van der Waals surface area (Å²) in [5.41, 5.74) is 0.638. The first-order valence-electron chi connectivity index (χ1n) is 14.9. The summed E-state index contributed by atoms with van der Waals surface area (Å²) in [6.45, 7) is 4.27. The number of phenols is 1. The van der Waals surface area contributed by atoms with Gasteiger partial charge in [0, 0.05) is 30.9 Å². The predicted octanol–water partition coefficient (Wildman–Crippen LogP) is 5.55. The van der Waals surface area contributed by atoms with Gasteiger partial charge in [-0.25, -0.2) is 13.2 Å². The number of halogens is 3. The molecule has 3 unspecified atom stereocenters. The van der Waals surface area contributed by atoms with Crippen molar-refractivity contribution in [3.63, 3.8) is 0 Å². The van der Waals surface area contributed by atoms with Gasteiger partial charge < -0.3 is 19.8 Å². The third kappa shape index (κ3) is 5.44. The molecule has 3 atom stereocenters. The minimum atomic E-state index is -0.725. The number of aryl methyl sites for hydroxylation is 1. The van der Waals surface area contributed by atoms with E-state index in [-0.39, 0.29) is 41.2 Å². The van der Waals surface area contributed by atoms with E-state index in [9.17, 15) is 19.0 Å². The molecule has 8 nitrogen and oxygen atoms in total. The molecule has 0 radical (unpaired) electrons. The number of alkyl halides is 1. The lowest BCUT2D eigenvalue weighted by Crippen LogP contribution is -2.33. The van der Waals surface area contributed by atoms with Crippen LogP contribution in [0.25, 0.3) is 32.9 Å². The van der Waals surface area contributed by atoms with Gasteiger partial charge in [-0.1, -0.05) is 13.0 Å². The van der Waals surface area contributed by atoms with Gasteiger partial charge in [0.25, 0.3) is 0 Å². The van der Waals surface area contributed by atoms with Crippen molar-refractivity contribution < 1.29 is 28.1 Å². The first-order valence-corrected chi connectivity index (χ1v) is 14.9. The summed E-state index contributed by atoms with van der Waals surface area (Å²) in [6, 6.07) is 6.26. The van der Waals surface area contributed by atoms with Crippen LogP contribution in [0.1, 0.15) is 44.6 Å². The topological polar surface area (TPSA) is 94.8 Å². The molecule has 3 aliphatic rings. The highest BCUT2D eigenvalue weighted by molar-refractivity contribution is 6.01. The maximum absolute atomic E-state index is 16.1. The molecule has 2 N–H and O–H groups in total. The number of aliphatic hydroxyl groups excluding tert-OH is 1. The van der Waals surface area contributed by atoms with Gasteiger partial charge in [0.2, 0.25) is 0 Å². The van der Waals surface area contributed by atoms with E-state index in [0.717, 1.165) is 25.8 Å². The second-order valence-corrected chi connectivity index (χ2v) is 11.5. The van der Waals surface area contributed by atoms with Gasteiger partial charge in [0.1, 0.15) is 34.8 Å². The van der Waals surface area contributed by atoms with Crippen LogP contribution in [0, 0.1) is 11.6 Å². The Morgan fingerprint density at radius 3 is 2.65 bits per heavy atom. The molecule has 0 saturated carbocycles. The molecule has 2 aromatic heterocycles. The van der Waals surface area contributed by atoms with Crippen molar-refractivity contribution in [1.29, 1.82) is 0 Å². The van der Waals surface area contributed by atoms with E-state index in [1.165, 1.54) is 44.3 Å². The molecule has 0 amide bonds. The maximum atomic E-state index is 16.1. The van der Waals surface area contributed by atoms with Crippen molar-refractivity contribution in [2.75, 3.05) is 38.3 Å². The van der Waals surface area contributed by atoms with Crippen molar-refractivity contribution in [1.82, 2.24) is 19.9 Å². The Morgan fingerprint density at radius 2 is 1.91 bits per heavy atom. The molecule has 228 valence electrons. The number of aromatic hydroxyl groups is 1. The van der Waals surface area contributed by atoms with Crippen LogP contribution in [0.3, 0.4) is 0 Å². The Labute approximate surface area is 248 Å². The number of aromatic nitrogens is 3. The molecular weight excluding hydrogens is 559 g/mol. The van der Waals surface area contributed by atoms with E-state index in [1.807, 2.05) is 11.8 Å². The van der Waals surface area contributed by atoms with E-state index in [0.29, 0.717) is 53.1 Å². The highest BCUT2D eigenvalue weighted by Crippen LogP contribution is 2.39. The Hall–Kier alpha value is -3.70. The molecule has 2 aromatic carbocycles. The molecule has 0 spiro atoms. The maximum Gasteiger partial charge on any atom is 0.318 e. The number of rotatable bonds is 5. The first kappa shape index (κ1) is 29.4. The van der Waals surface area contributed by atoms with Crippen LogP contribution in [0.5, 0.6) is 11.8 Å². The number of hydrogen-bond donors (Lipinski definition) is 2. The molecule has 4 aromatic rings. The minimum absolute atomic E-state index is 0.00128. The zero-order valence-corrected chi connectivity index (χ0v) is 24.4. The largest absolute Gasteiger partial charge is 0.508 e. The van der Waals surface area contributed by atoms with Gasteiger partial charge in [-0.15, -0.1) is 0 Å². The van der Waals surface area contributed by atoms with Crippen molar-refractivity contribution in [3.8, 4) is 23.0 Å². The lowest BCUT2D eigenvalue weighted by molar-refractivity contribution is 0.266. The smallest absolute Gasteiger partial charge is 0.318 e. The third-order valence-electron chi connectivity index (χ3n) is 8.91. The lowest BCUT2D eigenvalue weighted by Gasteiger charge is -2.25. The highest BCUT2D eigenvalue weighted by atomic mass is 19.1. The molecular formula is C32H36F3N5O3. The zero-order valence-electron chi connectivity index (χ0n) is 24.4. The van der Waals surface area contributed by atoms with E-state index in [1.54, 1.807) is 6.07 Å². The summed E-state index contributed by atoms with van der Waals surface area (Å²) in [7, 11) is 1.40. The Kier molecular flexibility index (Phi) is 8.28. The van der Waals surface area contributed by atoms with Crippen LogP contribution < -0.4 is 9.64 Å². The van der Waals surface area contributed by atoms with Crippen LogP contribution in [0.2, 0.25) is 0 Å². The van der Waals surface area contributed by atoms with Crippen LogP contribution in [-0.2, 0) is 6.42 Å². The van der Waals surface area contributed by atoms with Crippen molar-refractivity contribution in [2.24, 2.45) is 0 Å². The van der Waals surface area contributed by atoms with E-state index < -0.39 is 17.8 Å². The number of nitrogens with zero attached hydrogens (tertiary/aromatic N) is 5. The monoisotopic (exact) mass is 595 g/mol. The fourth-order valence-corrected chi connectivity index (χ4v) is 6.88. The number of benzene rings is 2. The normalized spacial score (nSPS) is 21.8. The predicted molar refractivity (Wildman–Crippen MR) is 159 cm³/mol. The SMILES string of the molecule is CCc1c(F)ccc2cc(O)cc(-c3ncc4c(N5CCCC5CO)nc(OC)nc4c3F)c12.FC1CC2CCCN2C1. The summed E-state index contributed by atoms with van der Waals surface area (Å²) >= 11 is 0. The van der Waals surface area contributed by atoms with Crippen LogP contribution in [0.4, 0.5) is 19.0 Å². The Morgan fingerprint density at radius 1 is 1.09 bits per heavy atom. The molecule has 3 aliphatic heterocycles. The summed E-state index contributed by atoms with van der Waals surface area (Å²) in [5, 5.41) is 21.6. The number of anilines is 1. The van der Waals surface area contributed by atoms with Crippen LogP contribution in [-0.4, -0.2) is 81.7 Å². The minimum Gasteiger partial charge on any atom is -0.508 e. The van der Waals surface area contributed by atoms with Crippen molar-refractivity contribution in [3.05, 3.63) is 47.7 Å². The zero-order chi connectivity index (χ0) is 30.2. The molecule has 3 fully saturated rings. The molecule has 0 aliphatic carbocycles.